The van der Waals surface area contributed by atoms with Crippen LogP contribution >= 0.6 is 34.5 Å². The Hall–Kier alpha value is -2.06. The van der Waals surface area contributed by atoms with Crippen LogP contribution in [0.1, 0.15) is 34.6 Å². The molecular formula is C20H14Cl2N2OS. The molecule has 4 rings (SSSR count). The zero-order chi connectivity index (χ0) is 18.1. The minimum atomic E-state index is 0.535. The molecule has 2 aromatic heterocycles. The fourth-order valence-corrected chi connectivity index (χ4v) is 4.82. The Morgan fingerprint density at radius 3 is 2.81 bits per heavy atom. The van der Waals surface area contributed by atoms with Gasteiger partial charge >= 0.3 is 0 Å². The number of aryl methyl sites for hydroxylation is 1. The summed E-state index contributed by atoms with van der Waals surface area (Å²) in [6.07, 6.45) is 6.01. The number of fused-ring (bicyclic) bond motifs is 1. The molecular weight excluding hydrogens is 387 g/mol. The Morgan fingerprint density at radius 2 is 2.00 bits per heavy atom. The summed E-state index contributed by atoms with van der Waals surface area (Å²) in [5, 5.41) is 11.4. The molecule has 0 fully saturated rings. The van der Waals surface area contributed by atoms with E-state index in [9.17, 15) is 5.26 Å². The minimum absolute atomic E-state index is 0.535. The Bertz CT molecular complexity index is 1040. The second-order valence-corrected chi connectivity index (χ2v) is 8.01. The van der Waals surface area contributed by atoms with Crippen LogP contribution in [0.15, 0.2) is 39.7 Å². The van der Waals surface area contributed by atoms with E-state index < -0.39 is 0 Å². The van der Waals surface area contributed by atoms with Gasteiger partial charge in [-0.1, -0.05) is 23.2 Å². The van der Waals surface area contributed by atoms with Gasteiger partial charge in [-0.15, -0.1) is 11.3 Å². The van der Waals surface area contributed by atoms with Crippen LogP contribution in [-0.4, -0.2) is 6.21 Å². The number of hydrogen-bond acceptors (Lipinski definition) is 4. The summed E-state index contributed by atoms with van der Waals surface area (Å²) in [4.78, 5) is 5.82. The van der Waals surface area contributed by atoms with Crippen LogP contribution in [0.2, 0.25) is 10.0 Å². The number of halogens is 2. The summed E-state index contributed by atoms with van der Waals surface area (Å²) in [6.45, 7) is 0. The van der Waals surface area contributed by atoms with Crippen molar-refractivity contribution in [1.82, 2.24) is 0 Å². The third-order valence-electron chi connectivity index (χ3n) is 4.40. The van der Waals surface area contributed by atoms with Crippen LogP contribution in [0.4, 0.5) is 5.00 Å². The molecule has 3 nitrogen and oxygen atoms in total. The Morgan fingerprint density at radius 1 is 1.15 bits per heavy atom. The molecule has 0 N–H and O–H groups in total. The Labute approximate surface area is 165 Å². The average Bonchev–Trinajstić information content (AvgIpc) is 3.23. The molecule has 0 saturated carbocycles. The first-order chi connectivity index (χ1) is 12.7. The monoisotopic (exact) mass is 400 g/mol. The molecule has 0 bridgehead atoms. The smallest absolute Gasteiger partial charge is 0.145 e. The topological polar surface area (TPSA) is 49.3 Å². The molecule has 1 aliphatic carbocycles. The highest BCUT2D eigenvalue weighted by Crippen LogP contribution is 2.39. The van der Waals surface area contributed by atoms with Gasteiger partial charge in [0.2, 0.25) is 0 Å². The lowest BCUT2D eigenvalue weighted by Crippen LogP contribution is -1.99. The van der Waals surface area contributed by atoms with Gasteiger partial charge in [0.05, 0.1) is 16.8 Å². The standard InChI is InChI=1S/C20H14Cl2N2OS/c21-12-5-7-15(17(22)9-12)18-8-6-13(25-18)11-24-20-16(10-23)14-3-1-2-4-19(14)26-20/h5-9,11H,1-4H2/b24-11+. The summed E-state index contributed by atoms with van der Waals surface area (Å²) in [5.74, 6) is 1.26. The number of thiophene rings is 1. The lowest BCUT2D eigenvalue weighted by atomic mass is 9.96. The maximum atomic E-state index is 9.50. The number of benzene rings is 1. The van der Waals surface area contributed by atoms with Crippen LogP contribution in [0, 0.1) is 11.3 Å². The van der Waals surface area contributed by atoms with Crippen molar-refractivity contribution in [3.05, 3.63) is 62.1 Å². The van der Waals surface area contributed by atoms with Crippen molar-refractivity contribution in [2.75, 3.05) is 0 Å². The fraction of sp³-hybridized carbons (Fsp3) is 0.200. The van der Waals surface area contributed by atoms with E-state index in [4.69, 9.17) is 27.6 Å². The largest absolute Gasteiger partial charge is 0.455 e. The molecule has 0 atom stereocenters. The molecule has 6 heteroatoms. The second-order valence-electron chi connectivity index (χ2n) is 6.09. The molecule has 1 aromatic carbocycles. The SMILES string of the molecule is N#Cc1c(/N=C/c2ccc(-c3ccc(Cl)cc3Cl)o2)sc2c1CCCC2. The molecule has 0 unspecified atom stereocenters. The van der Waals surface area contributed by atoms with Gasteiger partial charge in [0, 0.05) is 15.5 Å². The van der Waals surface area contributed by atoms with E-state index in [1.165, 1.54) is 16.9 Å². The van der Waals surface area contributed by atoms with E-state index in [0.717, 1.165) is 29.8 Å². The summed E-state index contributed by atoms with van der Waals surface area (Å²) in [6, 6.07) is 11.3. The third-order valence-corrected chi connectivity index (χ3v) is 6.14. The minimum Gasteiger partial charge on any atom is -0.455 e. The van der Waals surface area contributed by atoms with Gasteiger partial charge in [0.1, 0.15) is 22.6 Å². The molecule has 0 amide bonds. The quantitative estimate of drug-likeness (QED) is 0.452. The van der Waals surface area contributed by atoms with Gasteiger partial charge in [-0.05, 0) is 61.6 Å². The number of rotatable bonds is 3. The third kappa shape index (κ3) is 3.31. The van der Waals surface area contributed by atoms with Crippen molar-refractivity contribution in [3.63, 3.8) is 0 Å². The van der Waals surface area contributed by atoms with Crippen LogP contribution in [0.3, 0.4) is 0 Å². The molecule has 0 saturated heterocycles. The normalized spacial score (nSPS) is 13.7. The lowest BCUT2D eigenvalue weighted by molar-refractivity contribution is 0.575. The van der Waals surface area contributed by atoms with Crippen molar-refractivity contribution in [2.24, 2.45) is 4.99 Å². The second kappa shape index (κ2) is 7.28. The molecule has 3 aromatic rings. The van der Waals surface area contributed by atoms with Crippen molar-refractivity contribution in [1.29, 1.82) is 5.26 Å². The van der Waals surface area contributed by atoms with Crippen molar-refractivity contribution in [3.8, 4) is 17.4 Å². The summed E-state index contributed by atoms with van der Waals surface area (Å²) in [5.41, 5.74) is 2.68. The number of nitriles is 1. The zero-order valence-electron chi connectivity index (χ0n) is 13.8. The average molecular weight is 401 g/mol. The van der Waals surface area contributed by atoms with E-state index in [2.05, 4.69) is 11.1 Å². The van der Waals surface area contributed by atoms with Gasteiger partial charge in [-0.25, -0.2) is 4.99 Å². The maximum Gasteiger partial charge on any atom is 0.145 e. The highest BCUT2D eigenvalue weighted by atomic mass is 35.5. The summed E-state index contributed by atoms with van der Waals surface area (Å²) < 4.78 is 5.83. The van der Waals surface area contributed by atoms with E-state index in [0.29, 0.717) is 27.1 Å². The van der Waals surface area contributed by atoms with E-state index in [-0.39, 0.29) is 0 Å². The van der Waals surface area contributed by atoms with Crippen molar-refractivity contribution in [2.45, 2.75) is 25.7 Å². The molecule has 1 aliphatic rings. The first-order valence-corrected chi connectivity index (χ1v) is 9.87. The number of nitrogens with zero attached hydrogens (tertiary/aromatic N) is 2. The van der Waals surface area contributed by atoms with Crippen molar-refractivity contribution < 1.29 is 4.42 Å². The fourth-order valence-electron chi connectivity index (χ4n) is 3.14. The van der Waals surface area contributed by atoms with Gasteiger partial charge < -0.3 is 4.42 Å². The van der Waals surface area contributed by atoms with Crippen molar-refractivity contribution >= 4 is 45.8 Å². The number of hydrogen-bond donors (Lipinski definition) is 0. The molecule has 0 radical (unpaired) electrons. The summed E-state index contributed by atoms with van der Waals surface area (Å²) >= 11 is 13.8. The first-order valence-electron chi connectivity index (χ1n) is 8.29. The van der Waals surface area contributed by atoms with Crippen LogP contribution in [0.5, 0.6) is 0 Å². The highest BCUT2D eigenvalue weighted by molar-refractivity contribution is 7.16. The van der Waals surface area contributed by atoms with E-state index in [1.807, 2.05) is 18.2 Å². The molecule has 0 aliphatic heterocycles. The Balaban J connectivity index is 1.62. The molecule has 0 spiro atoms. The Kier molecular flexibility index (Phi) is 4.86. The molecule has 26 heavy (non-hydrogen) atoms. The van der Waals surface area contributed by atoms with Gasteiger partial charge in [-0.2, -0.15) is 5.26 Å². The van der Waals surface area contributed by atoms with E-state index in [1.54, 1.807) is 29.7 Å². The van der Waals surface area contributed by atoms with Crippen LogP contribution < -0.4 is 0 Å². The first kappa shape index (κ1) is 17.4. The maximum absolute atomic E-state index is 9.50. The lowest BCUT2D eigenvalue weighted by Gasteiger charge is -2.09. The highest BCUT2D eigenvalue weighted by Gasteiger charge is 2.20. The summed E-state index contributed by atoms with van der Waals surface area (Å²) in [7, 11) is 0. The predicted molar refractivity (Wildman–Crippen MR) is 107 cm³/mol. The van der Waals surface area contributed by atoms with Gasteiger partial charge in [0.25, 0.3) is 0 Å². The van der Waals surface area contributed by atoms with Crippen LogP contribution in [0.25, 0.3) is 11.3 Å². The predicted octanol–water partition coefficient (Wildman–Crippen LogP) is 6.82. The van der Waals surface area contributed by atoms with Gasteiger partial charge in [0.15, 0.2) is 0 Å². The van der Waals surface area contributed by atoms with E-state index >= 15 is 0 Å². The number of aliphatic imine (C=N–C) groups is 1. The number of furan rings is 1. The van der Waals surface area contributed by atoms with Crippen LogP contribution in [-0.2, 0) is 12.8 Å². The zero-order valence-corrected chi connectivity index (χ0v) is 16.1. The van der Waals surface area contributed by atoms with Gasteiger partial charge in [-0.3, -0.25) is 0 Å². The molecule has 2 heterocycles. The molecule has 130 valence electrons.